The molecule has 4 nitrogen and oxygen atoms in total. The number of rotatable bonds is 4. The van der Waals surface area contributed by atoms with E-state index in [-0.39, 0.29) is 0 Å². The van der Waals surface area contributed by atoms with Gasteiger partial charge < -0.3 is 14.3 Å². The van der Waals surface area contributed by atoms with Crippen LogP contribution in [0.2, 0.25) is 0 Å². The third kappa shape index (κ3) is 3.87. The second-order valence-corrected chi connectivity index (χ2v) is 7.27. The summed E-state index contributed by atoms with van der Waals surface area (Å²) >= 11 is 0. The van der Waals surface area contributed by atoms with E-state index in [0.717, 1.165) is 57.9 Å². The summed E-state index contributed by atoms with van der Waals surface area (Å²) in [7, 11) is 0. The maximum Gasteiger partial charge on any atom is 0.126 e. The van der Waals surface area contributed by atoms with Crippen LogP contribution < -0.4 is 0 Å². The van der Waals surface area contributed by atoms with Crippen molar-refractivity contribution in [2.24, 2.45) is 11.8 Å². The summed E-state index contributed by atoms with van der Waals surface area (Å²) in [6.45, 7) is 8.80. The van der Waals surface area contributed by atoms with E-state index in [9.17, 15) is 5.11 Å². The number of aliphatic hydroxyl groups is 1. The molecule has 1 aromatic rings. The van der Waals surface area contributed by atoms with Crippen molar-refractivity contribution in [3.63, 3.8) is 0 Å². The highest BCUT2D eigenvalue weighted by Crippen LogP contribution is 2.39. The number of nitrogens with zero attached hydrogens (tertiary/aromatic N) is 1. The second-order valence-electron chi connectivity index (χ2n) is 7.27. The van der Waals surface area contributed by atoms with Gasteiger partial charge in [0.2, 0.25) is 0 Å². The van der Waals surface area contributed by atoms with Crippen molar-refractivity contribution in [2.75, 3.05) is 32.8 Å². The largest absolute Gasteiger partial charge is 0.465 e. The fraction of sp³-hybridized carbons (Fsp3) is 0.684. The van der Waals surface area contributed by atoms with Crippen molar-refractivity contribution in [3.05, 3.63) is 29.7 Å². The molecule has 2 saturated heterocycles. The lowest BCUT2D eigenvalue weighted by molar-refractivity contribution is -0.129. The first-order valence-corrected chi connectivity index (χ1v) is 8.81. The second kappa shape index (κ2) is 7.20. The zero-order valence-corrected chi connectivity index (χ0v) is 14.3. The van der Waals surface area contributed by atoms with E-state index in [2.05, 4.69) is 24.8 Å². The summed E-state index contributed by atoms with van der Waals surface area (Å²) in [5.74, 6) is 1.61. The van der Waals surface area contributed by atoms with Gasteiger partial charge in [-0.25, -0.2) is 0 Å². The minimum atomic E-state index is -0.515. The van der Waals surface area contributed by atoms with E-state index in [1.54, 1.807) is 6.26 Å². The Balaban J connectivity index is 1.57. The number of ether oxygens (including phenoxy) is 1. The molecule has 4 heteroatoms. The molecule has 0 spiro atoms. The van der Waals surface area contributed by atoms with Gasteiger partial charge in [-0.2, -0.15) is 0 Å². The molecule has 0 bridgehead atoms. The van der Waals surface area contributed by atoms with E-state index in [1.807, 2.05) is 12.1 Å². The van der Waals surface area contributed by atoms with Crippen LogP contribution in [0.3, 0.4) is 0 Å². The van der Waals surface area contributed by atoms with Crippen LogP contribution in [0, 0.1) is 11.8 Å². The molecule has 0 unspecified atom stereocenters. The van der Waals surface area contributed by atoms with Crippen LogP contribution in [-0.2, 0) is 4.74 Å². The lowest BCUT2D eigenvalue weighted by atomic mass is 9.70. The third-order valence-corrected chi connectivity index (χ3v) is 5.55. The Morgan fingerprint density at radius 3 is 2.87 bits per heavy atom. The molecule has 2 aliphatic rings. The van der Waals surface area contributed by atoms with Gasteiger partial charge in [0.25, 0.3) is 0 Å². The highest BCUT2D eigenvalue weighted by Gasteiger charge is 2.45. The molecule has 23 heavy (non-hydrogen) atoms. The van der Waals surface area contributed by atoms with Gasteiger partial charge in [0.1, 0.15) is 5.76 Å². The fourth-order valence-corrected chi connectivity index (χ4v) is 4.18. The number of furan rings is 1. The van der Waals surface area contributed by atoms with Gasteiger partial charge in [-0.3, -0.25) is 4.90 Å². The predicted octanol–water partition coefficient (Wildman–Crippen LogP) is 3.18. The van der Waals surface area contributed by atoms with E-state index in [4.69, 9.17) is 9.15 Å². The van der Waals surface area contributed by atoms with Crippen molar-refractivity contribution < 1.29 is 14.3 Å². The van der Waals surface area contributed by atoms with Crippen molar-refractivity contribution in [2.45, 2.75) is 38.7 Å². The summed E-state index contributed by atoms with van der Waals surface area (Å²) in [5.41, 5.74) is 0.780. The lowest BCUT2D eigenvalue weighted by Crippen LogP contribution is -2.56. The Labute approximate surface area is 139 Å². The van der Waals surface area contributed by atoms with E-state index < -0.39 is 5.60 Å². The van der Waals surface area contributed by atoms with Gasteiger partial charge >= 0.3 is 0 Å². The van der Waals surface area contributed by atoms with Crippen LogP contribution in [0.1, 0.15) is 38.9 Å². The summed E-state index contributed by atoms with van der Waals surface area (Å²) in [4.78, 5) is 2.45. The molecule has 2 atom stereocenters. The molecular weight excluding hydrogens is 290 g/mol. The molecule has 0 amide bonds. The summed E-state index contributed by atoms with van der Waals surface area (Å²) < 4.78 is 10.8. The molecule has 128 valence electrons. The minimum Gasteiger partial charge on any atom is -0.465 e. The minimum absolute atomic E-state index is 0.302. The van der Waals surface area contributed by atoms with Gasteiger partial charge in [-0.05, 0) is 56.2 Å². The highest BCUT2D eigenvalue weighted by molar-refractivity contribution is 5.46. The lowest BCUT2D eigenvalue weighted by Gasteiger charge is -2.48. The van der Waals surface area contributed by atoms with Crippen LogP contribution in [0.4, 0.5) is 0 Å². The normalized spacial score (nSPS) is 31.4. The first-order valence-electron chi connectivity index (χ1n) is 8.81. The molecule has 0 radical (unpaired) electrons. The standard InChI is InChI=1S/C19H29NO3/c1-15(12-18-4-3-9-23-18)13-20-8-7-19(21,16(2)14-20)17-5-10-22-11-6-17/h3-4,9,12,16-17,21H,5-8,10-11,13-14H2,1-2H3/t16-,19+/m1/s1. The SMILES string of the molecule is CC(=Cc1ccco1)CN1CC[C@@](O)(C2CCOCC2)[C@H](C)C1. The zero-order valence-electron chi connectivity index (χ0n) is 14.3. The molecule has 1 N–H and O–H groups in total. The molecule has 3 heterocycles. The Bertz CT molecular complexity index is 519. The average Bonchev–Trinajstić information content (AvgIpc) is 3.05. The number of hydrogen-bond donors (Lipinski definition) is 1. The molecule has 1 aromatic heterocycles. The molecule has 0 aliphatic carbocycles. The zero-order chi connectivity index (χ0) is 16.3. The monoisotopic (exact) mass is 319 g/mol. The Morgan fingerprint density at radius 2 is 2.22 bits per heavy atom. The summed E-state index contributed by atoms with van der Waals surface area (Å²) in [5, 5.41) is 11.2. The molecule has 2 fully saturated rings. The van der Waals surface area contributed by atoms with Crippen molar-refractivity contribution in [1.82, 2.24) is 4.90 Å². The molecule has 0 aromatic carbocycles. The smallest absolute Gasteiger partial charge is 0.126 e. The first kappa shape index (κ1) is 16.7. The van der Waals surface area contributed by atoms with Crippen LogP contribution in [0.5, 0.6) is 0 Å². The van der Waals surface area contributed by atoms with Gasteiger partial charge in [-0.1, -0.05) is 12.5 Å². The van der Waals surface area contributed by atoms with Crippen LogP contribution in [0.15, 0.2) is 28.4 Å². The summed E-state index contributed by atoms with van der Waals surface area (Å²) in [6.07, 6.45) is 6.67. The maximum absolute atomic E-state index is 11.2. The molecule has 0 saturated carbocycles. The first-order chi connectivity index (χ1) is 11.1. The van der Waals surface area contributed by atoms with Crippen molar-refractivity contribution in [1.29, 1.82) is 0 Å². The summed E-state index contributed by atoms with van der Waals surface area (Å²) in [6, 6.07) is 3.89. The average molecular weight is 319 g/mol. The van der Waals surface area contributed by atoms with E-state index in [0.29, 0.717) is 11.8 Å². The third-order valence-electron chi connectivity index (χ3n) is 5.55. The molecule has 3 rings (SSSR count). The number of piperidine rings is 1. The van der Waals surface area contributed by atoms with E-state index in [1.165, 1.54) is 5.57 Å². The number of likely N-dealkylation sites (tertiary alicyclic amines) is 1. The molecule has 2 aliphatic heterocycles. The van der Waals surface area contributed by atoms with Gasteiger partial charge in [-0.15, -0.1) is 0 Å². The highest BCUT2D eigenvalue weighted by atomic mass is 16.5. The van der Waals surface area contributed by atoms with Gasteiger partial charge in [0.15, 0.2) is 0 Å². The Kier molecular flexibility index (Phi) is 5.24. The van der Waals surface area contributed by atoms with Crippen LogP contribution in [0.25, 0.3) is 6.08 Å². The van der Waals surface area contributed by atoms with Crippen LogP contribution >= 0.6 is 0 Å². The maximum atomic E-state index is 11.2. The quantitative estimate of drug-likeness (QED) is 0.926. The Hall–Kier alpha value is -1.10. The molecular formula is C19H29NO3. The topological polar surface area (TPSA) is 45.8 Å². The van der Waals surface area contributed by atoms with Crippen molar-refractivity contribution in [3.8, 4) is 0 Å². The Morgan fingerprint density at radius 1 is 1.43 bits per heavy atom. The van der Waals surface area contributed by atoms with Gasteiger partial charge in [0, 0.05) is 32.8 Å². The van der Waals surface area contributed by atoms with Crippen molar-refractivity contribution >= 4 is 6.08 Å². The number of hydrogen-bond acceptors (Lipinski definition) is 4. The predicted molar refractivity (Wildman–Crippen MR) is 91.1 cm³/mol. The van der Waals surface area contributed by atoms with E-state index >= 15 is 0 Å². The fourth-order valence-electron chi connectivity index (χ4n) is 4.18. The van der Waals surface area contributed by atoms with Gasteiger partial charge in [0.05, 0.1) is 11.9 Å². The van der Waals surface area contributed by atoms with Crippen LogP contribution in [-0.4, -0.2) is 48.5 Å².